The molecular weight excluding hydrogens is 509 g/mol. The number of halogens is 4. The summed E-state index contributed by atoms with van der Waals surface area (Å²) in [5, 5.41) is 4.46. The molecule has 0 spiro atoms. The standard InChI is InChI=1S/C26H20ClF3N4O3/c1-36-21-11-5-16(6-12-21)24-31-23(32-37-24)15-33-14-22(17-3-2-4-18(13-17)26(28,29)30)34(25(33)35)20-9-7-19(27)8-10-20/h2-13,22H,14-15H2,1H3. The molecule has 2 amide bonds. The number of carbonyl (C=O) groups is 1. The fraction of sp³-hybridized carbons (Fsp3) is 0.192. The summed E-state index contributed by atoms with van der Waals surface area (Å²) in [7, 11) is 1.56. The maximum atomic E-state index is 13.5. The van der Waals surface area contributed by atoms with Gasteiger partial charge in [0.25, 0.3) is 5.89 Å². The van der Waals surface area contributed by atoms with Crippen molar-refractivity contribution in [2.24, 2.45) is 0 Å². The molecule has 0 radical (unpaired) electrons. The molecular formula is C26H20ClF3N4O3. The van der Waals surface area contributed by atoms with Crippen molar-refractivity contribution in [3.63, 3.8) is 0 Å². The number of benzene rings is 3. The van der Waals surface area contributed by atoms with Gasteiger partial charge in [-0.25, -0.2) is 4.79 Å². The Labute approximate surface area is 215 Å². The molecule has 3 aromatic carbocycles. The van der Waals surface area contributed by atoms with E-state index in [9.17, 15) is 18.0 Å². The van der Waals surface area contributed by atoms with Gasteiger partial charge in [-0.05, 0) is 66.2 Å². The van der Waals surface area contributed by atoms with Crippen molar-refractivity contribution < 1.29 is 27.2 Å². The molecule has 1 aliphatic rings. The number of hydrogen-bond donors (Lipinski definition) is 0. The van der Waals surface area contributed by atoms with Crippen molar-refractivity contribution in [1.29, 1.82) is 0 Å². The third-order valence-corrected chi connectivity index (χ3v) is 6.27. The van der Waals surface area contributed by atoms with E-state index in [-0.39, 0.29) is 24.8 Å². The molecule has 4 aromatic rings. The maximum absolute atomic E-state index is 13.5. The van der Waals surface area contributed by atoms with Gasteiger partial charge >= 0.3 is 12.2 Å². The molecule has 0 saturated carbocycles. The number of alkyl halides is 3. The highest BCUT2D eigenvalue weighted by atomic mass is 35.5. The number of aromatic nitrogens is 2. The van der Waals surface area contributed by atoms with E-state index in [4.69, 9.17) is 20.9 Å². The number of hydrogen-bond acceptors (Lipinski definition) is 5. The molecule has 0 aliphatic carbocycles. The summed E-state index contributed by atoms with van der Waals surface area (Å²) in [5.74, 6) is 1.21. The Hall–Kier alpha value is -4.05. The highest BCUT2D eigenvalue weighted by Gasteiger charge is 2.41. The lowest BCUT2D eigenvalue weighted by molar-refractivity contribution is -0.137. The molecule has 1 aliphatic heterocycles. The summed E-state index contributed by atoms with van der Waals surface area (Å²) in [6, 6.07) is 17.5. The van der Waals surface area contributed by atoms with Crippen LogP contribution in [0.3, 0.4) is 0 Å². The van der Waals surface area contributed by atoms with Crippen molar-refractivity contribution in [3.8, 4) is 17.2 Å². The second-order valence-electron chi connectivity index (χ2n) is 8.39. The highest BCUT2D eigenvalue weighted by molar-refractivity contribution is 6.30. The Morgan fingerprint density at radius 1 is 1.08 bits per heavy atom. The van der Waals surface area contributed by atoms with Gasteiger partial charge in [-0.15, -0.1) is 0 Å². The molecule has 2 heterocycles. The van der Waals surface area contributed by atoms with Gasteiger partial charge in [-0.3, -0.25) is 4.90 Å². The molecule has 1 aromatic heterocycles. The molecule has 1 unspecified atom stereocenters. The SMILES string of the molecule is COc1ccc(-c2nc(CN3CC(c4cccc(C(F)(F)F)c4)N(c4ccc(Cl)cc4)C3=O)no2)cc1. The zero-order valence-corrected chi connectivity index (χ0v) is 20.2. The molecule has 1 atom stereocenters. The van der Waals surface area contributed by atoms with Crippen LogP contribution in [0, 0.1) is 0 Å². The lowest BCUT2D eigenvalue weighted by atomic mass is 10.0. The molecule has 37 heavy (non-hydrogen) atoms. The number of ether oxygens (including phenoxy) is 1. The van der Waals surface area contributed by atoms with Gasteiger partial charge in [-0.1, -0.05) is 28.9 Å². The third-order valence-electron chi connectivity index (χ3n) is 6.02. The van der Waals surface area contributed by atoms with Gasteiger partial charge in [0.1, 0.15) is 5.75 Å². The summed E-state index contributed by atoms with van der Waals surface area (Å²) in [4.78, 5) is 20.8. The van der Waals surface area contributed by atoms with Crippen molar-refractivity contribution in [2.45, 2.75) is 18.8 Å². The maximum Gasteiger partial charge on any atom is 0.416 e. The summed E-state index contributed by atoms with van der Waals surface area (Å²) in [6.45, 7) is 0.132. The number of methoxy groups -OCH3 is 1. The van der Waals surface area contributed by atoms with Crippen LogP contribution in [0.25, 0.3) is 11.5 Å². The number of carbonyl (C=O) groups excluding carboxylic acids is 1. The van der Waals surface area contributed by atoms with E-state index in [2.05, 4.69) is 10.1 Å². The smallest absolute Gasteiger partial charge is 0.416 e. The molecule has 7 nitrogen and oxygen atoms in total. The van der Waals surface area contributed by atoms with Crippen LogP contribution >= 0.6 is 11.6 Å². The second-order valence-corrected chi connectivity index (χ2v) is 8.83. The molecule has 1 saturated heterocycles. The predicted octanol–water partition coefficient (Wildman–Crippen LogP) is 6.60. The Bertz CT molecular complexity index is 1410. The monoisotopic (exact) mass is 528 g/mol. The molecule has 0 bridgehead atoms. The molecule has 5 rings (SSSR count). The van der Waals surface area contributed by atoms with Crippen LogP contribution in [-0.2, 0) is 12.7 Å². The van der Waals surface area contributed by atoms with E-state index in [1.54, 1.807) is 61.7 Å². The molecule has 0 N–H and O–H groups in total. The zero-order chi connectivity index (χ0) is 26.2. The number of amides is 2. The normalized spacial score (nSPS) is 15.9. The van der Waals surface area contributed by atoms with Gasteiger partial charge in [0.05, 0.1) is 25.3 Å². The van der Waals surface area contributed by atoms with E-state index < -0.39 is 23.8 Å². The topological polar surface area (TPSA) is 71.7 Å². The summed E-state index contributed by atoms with van der Waals surface area (Å²) in [5.41, 5.74) is 0.755. The Morgan fingerprint density at radius 2 is 1.81 bits per heavy atom. The fourth-order valence-corrected chi connectivity index (χ4v) is 4.32. The van der Waals surface area contributed by atoms with Crippen LogP contribution in [0.15, 0.2) is 77.3 Å². The van der Waals surface area contributed by atoms with Crippen LogP contribution in [0.5, 0.6) is 5.75 Å². The minimum Gasteiger partial charge on any atom is -0.497 e. The van der Waals surface area contributed by atoms with Crippen LogP contribution in [-0.4, -0.2) is 34.7 Å². The minimum atomic E-state index is -4.51. The first-order valence-corrected chi connectivity index (χ1v) is 11.6. The first-order chi connectivity index (χ1) is 17.7. The average molecular weight is 529 g/mol. The lowest BCUT2D eigenvalue weighted by Crippen LogP contribution is -2.32. The van der Waals surface area contributed by atoms with Crippen molar-refractivity contribution in [2.75, 3.05) is 18.6 Å². The third kappa shape index (κ3) is 5.10. The molecule has 190 valence electrons. The van der Waals surface area contributed by atoms with E-state index in [0.29, 0.717) is 27.6 Å². The van der Waals surface area contributed by atoms with E-state index in [1.807, 2.05) is 0 Å². The van der Waals surface area contributed by atoms with Crippen LogP contribution < -0.4 is 9.64 Å². The predicted molar refractivity (Wildman–Crippen MR) is 130 cm³/mol. The van der Waals surface area contributed by atoms with Gasteiger partial charge in [0.15, 0.2) is 5.82 Å². The van der Waals surface area contributed by atoms with Gasteiger partial charge in [0, 0.05) is 22.8 Å². The Balaban J connectivity index is 1.44. The molecule has 1 fully saturated rings. The zero-order valence-electron chi connectivity index (χ0n) is 19.4. The quantitative estimate of drug-likeness (QED) is 0.282. The summed E-state index contributed by atoms with van der Waals surface area (Å²) in [6.07, 6.45) is -4.51. The van der Waals surface area contributed by atoms with Crippen LogP contribution in [0.1, 0.15) is 23.0 Å². The highest BCUT2D eigenvalue weighted by Crippen LogP contribution is 2.38. The van der Waals surface area contributed by atoms with Crippen LogP contribution in [0.4, 0.5) is 23.7 Å². The van der Waals surface area contributed by atoms with Gasteiger partial charge < -0.3 is 14.2 Å². The van der Waals surface area contributed by atoms with E-state index >= 15 is 0 Å². The number of nitrogens with zero attached hydrogens (tertiary/aromatic N) is 4. The number of rotatable bonds is 6. The number of urea groups is 1. The minimum absolute atomic E-state index is 0.0119. The summed E-state index contributed by atoms with van der Waals surface area (Å²) >= 11 is 6.01. The van der Waals surface area contributed by atoms with E-state index in [0.717, 1.165) is 12.1 Å². The number of anilines is 1. The first-order valence-electron chi connectivity index (χ1n) is 11.2. The van der Waals surface area contributed by atoms with E-state index in [1.165, 1.54) is 15.9 Å². The Morgan fingerprint density at radius 3 is 2.49 bits per heavy atom. The van der Waals surface area contributed by atoms with Crippen LogP contribution in [0.2, 0.25) is 5.02 Å². The van der Waals surface area contributed by atoms with Crippen molar-refractivity contribution in [1.82, 2.24) is 15.0 Å². The van der Waals surface area contributed by atoms with Gasteiger partial charge in [-0.2, -0.15) is 18.2 Å². The lowest BCUT2D eigenvalue weighted by Gasteiger charge is -2.24. The van der Waals surface area contributed by atoms with Crippen molar-refractivity contribution in [3.05, 3.63) is 94.8 Å². The first kappa shape index (κ1) is 24.6. The second kappa shape index (κ2) is 9.78. The average Bonchev–Trinajstić information content (AvgIpc) is 3.49. The summed E-state index contributed by atoms with van der Waals surface area (Å²) < 4.78 is 50.7. The largest absolute Gasteiger partial charge is 0.497 e. The Kier molecular flexibility index (Phi) is 6.51. The van der Waals surface area contributed by atoms with Crippen molar-refractivity contribution >= 4 is 23.3 Å². The fourth-order valence-electron chi connectivity index (χ4n) is 4.19. The molecule has 11 heteroatoms. The van der Waals surface area contributed by atoms with Gasteiger partial charge in [0.2, 0.25) is 0 Å².